The number of alkyl halides is 3. The highest BCUT2D eigenvalue weighted by Crippen LogP contribution is 2.29. The van der Waals surface area contributed by atoms with Gasteiger partial charge in [-0.05, 0) is 31.5 Å². The second-order valence-corrected chi connectivity index (χ2v) is 4.10. The number of carbonyl (C=O) groups excluding carboxylic acids is 1. The normalized spacial score (nSPS) is 11.6. The number of Topliss-reactive ketones (excluding diaryl/α,β-unsaturated/α-hetero) is 1. The topological polar surface area (TPSA) is 43.1 Å². The van der Waals surface area contributed by atoms with Crippen LogP contribution in [0.4, 0.5) is 13.2 Å². The van der Waals surface area contributed by atoms with Gasteiger partial charge < -0.3 is 5.73 Å². The summed E-state index contributed by atoms with van der Waals surface area (Å²) in [5.74, 6) is -0.124. The van der Waals surface area contributed by atoms with Gasteiger partial charge in [0.15, 0.2) is 5.78 Å². The van der Waals surface area contributed by atoms with Gasteiger partial charge in [0, 0.05) is 12.0 Å². The van der Waals surface area contributed by atoms with Gasteiger partial charge in [0.1, 0.15) is 0 Å². The largest absolute Gasteiger partial charge is 0.416 e. The van der Waals surface area contributed by atoms with Gasteiger partial charge in [0.05, 0.1) is 5.56 Å². The van der Waals surface area contributed by atoms with E-state index in [4.69, 9.17) is 5.73 Å². The third-order valence-electron chi connectivity index (χ3n) is 2.64. The SMILES string of the molecule is NCCCCCC(=O)c1ccc(C(F)(F)F)cc1. The van der Waals surface area contributed by atoms with Gasteiger partial charge in [-0.25, -0.2) is 0 Å². The Labute approximate surface area is 104 Å². The zero-order valence-corrected chi connectivity index (χ0v) is 9.96. The van der Waals surface area contributed by atoms with Gasteiger partial charge in [-0.15, -0.1) is 0 Å². The minimum atomic E-state index is -4.36. The Morgan fingerprint density at radius 2 is 1.67 bits per heavy atom. The summed E-state index contributed by atoms with van der Waals surface area (Å²) in [4.78, 5) is 11.7. The zero-order valence-electron chi connectivity index (χ0n) is 9.96. The molecule has 0 radical (unpaired) electrons. The number of unbranched alkanes of at least 4 members (excludes halogenated alkanes) is 2. The number of benzene rings is 1. The maximum atomic E-state index is 12.3. The third kappa shape index (κ3) is 4.49. The van der Waals surface area contributed by atoms with Crippen LogP contribution in [0.5, 0.6) is 0 Å². The highest BCUT2D eigenvalue weighted by atomic mass is 19.4. The molecule has 1 aromatic rings. The van der Waals surface area contributed by atoms with Crippen molar-refractivity contribution in [3.63, 3.8) is 0 Å². The predicted molar refractivity (Wildman–Crippen MR) is 63.3 cm³/mol. The number of ketones is 1. The van der Waals surface area contributed by atoms with Crippen molar-refractivity contribution in [1.29, 1.82) is 0 Å². The van der Waals surface area contributed by atoms with E-state index < -0.39 is 11.7 Å². The lowest BCUT2D eigenvalue weighted by Gasteiger charge is -2.07. The Morgan fingerprint density at radius 1 is 1.06 bits per heavy atom. The molecular formula is C13H16F3NO. The molecule has 100 valence electrons. The molecular weight excluding hydrogens is 243 g/mol. The van der Waals surface area contributed by atoms with Gasteiger partial charge in [0.25, 0.3) is 0 Å². The summed E-state index contributed by atoms with van der Waals surface area (Å²) in [5, 5.41) is 0. The maximum absolute atomic E-state index is 12.3. The fourth-order valence-electron chi connectivity index (χ4n) is 1.60. The lowest BCUT2D eigenvalue weighted by atomic mass is 10.0. The van der Waals surface area contributed by atoms with Crippen molar-refractivity contribution >= 4 is 5.78 Å². The van der Waals surface area contributed by atoms with Gasteiger partial charge in [-0.3, -0.25) is 4.79 Å². The molecule has 0 saturated heterocycles. The maximum Gasteiger partial charge on any atom is 0.416 e. The minimum absolute atomic E-state index is 0.124. The van der Waals surface area contributed by atoms with Crippen molar-refractivity contribution in [3.8, 4) is 0 Å². The molecule has 1 rings (SSSR count). The monoisotopic (exact) mass is 259 g/mol. The lowest BCUT2D eigenvalue weighted by Crippen LogP contribution is -2.06. The van der Waals surface area contributed by atoms with Crippen molar-refractivity contribution < 1.29 is 18.0 Å². The van der Waals surface area contributed by atoms with E-state index in [0.717, 1.165) is 31.4 Å². The summed E-state index contributed by atoms with van der Waals surface area (Å²) < 4.78 is 36.9. The molecule has 0 fully saturated rings. The highest BCUT2D eigenvalue weighted by Gasteiger charge is 2.30. The number of hydrogen-bond donors (Lipinski definition) is 1. The molecule has 0 aliphatic rings. The van der Waals surface area contributed by atoms with Crippen LogP contribution in [0, 0.1) is 0 Å². The van der Waals surface area contributed by atoms with Crippen LogP contribution in [-0.4, -0.2) is 12.3 Å². The van der Waals surface area contributed by atoms with Crippen molar-refractivity contribution in [2.45, 2.75) is 31.9 Å². The van der Waals surface area contributed by atoms with Crippen LogP contribution in [0.25, 0.3) is 0 Å². The van der Waals surface area contributed by atoms with Gasteiger partial charge >= 0.3 is 6.18 Å². The van der Waals surface area contributed by atoms with E-state index in [1.807, 2.05) is 0 Å². The Kier molecular flexibility index (Phi) is 5.34. The van der Waals surface area contributed by atoms with E-state index in [9.17, 15) is 18.0 Å². The summed E-state index contributed by atoms with van der Waals surface area (Å²) in [6.07, 6.45) is -1.56. The molecule has 2 nitrogen and oxygen atoms in total. The first kappa shape index (κ1) is 14.7. The van der Waals surface area contributed by atoms with E-state index in [-0.39, 0.29) is 5.78 Å². The second kappa shape index (κ2) is 6.54. The molecule has 0 aliphatic heterocycles. The first-order valence-electron chi connectivity index (χ1n) is 5.85. The van der Waals surface area contributed by atoms with Crippen LogP contribution in [0.1, 0.15) is 41.6 Å². The number of rotatable bonds is 6. The van der Waals surface area contributed by atoms with E-state index >= 15 is 0 Å². The van der Waals surface area contributed by atoms with Gasteiger partial charge in [-0.2, -0.15) is 13.2 Å². The first-order valence-corrected chi connectivity index (χ1v) is 5.85. The van der Waals surface area contributed by atoms with E-state index in [1.54, 1.807) is 0 Å². The number of nitrogens with two attached hydrogens (primary N) is 1. The average Bonchev–Trinajstić information content (AvgIpc) is 2.33. The quantitative estimate of drug-likeness (QED) is 0.628. The van der Waals surface area contributed by atoms with Crippen molar-refractivity contribution in [1.82, 2.24) is 0 Å². The van der Waals surface area contributed by atoms with E-state index in [1.165, 1.54) is 12.1 Å². The molecule has 18 heavy (non-hydrogen) atoms. The number of carbonyl (C=O) groups is 1. The molecule has 0 amide bonds. The lowest BCUT2D eigenvalue weighted by molar-refractivity contribution is -0.137. The molecule has 0 atom stereocenters. The Balaban J connectivity index is 2.54. The zero-order chi connectivity index (χ0) is 13.6. The Hall–Kier alpha value is -1.36. The molecule has 0 aromatic heterocycles. The summed E-state index contributed by atoms with van der Waals surface area (Å²) in [5.41, 5.74) is 4.92. The van der Waals surface area contributed by atoms with Gasteiger partial charge in [-0.1, -0.05) is 18.6 Å². The second-order valence-electron chi connectivity index (χ2n) is 4.10. The van der Waals surface area contributed by atoms with Crippen LogP contribution in [-0.2, 0) is 6.18 Å². The predicted octanol–water partition coefficient (Wildman–Crippen LogP) is 3.41. The van der Waals surface area contributed by atoms with Crippen LogP contribution in [0.2, 0.25) is 0 Å². The highest BCUT2D eigenvalue weighted by molar-refractivity contribution is 5.96. The first-order chi connectivity index (χ1) is 8.45. The van der Waals surface area contributed by atoms with Crippen molar-refractivity contribution in [3.05, 3.63) is 35.4 Å². The van der Waals surface area contributed by atoms with Crippen molar-refractivity contribution in [2.75, 3.05) is 6.54 Å². The molecule has 0 heterocycles. The smallest absolute Gasteiger partial charge is 0.330 e. The third-order valence-corrected chi connectivity index (χ3v) is 2.64. The summed E-state index contributed by atoms with van der Waals surface area (Å²) >= 11 is 0. The van der Waals surface area contributed by atoms with E-state index in [2.05, 4.69) is 0 Å². The summed E-state index contributed by atoms with van der Waals surface area (Å²) in [7, 11) is 0. The van der Waals surface area contributed by atoms with E-state index in [0.29, 0.717) is 18.5 Å². The Morgan fingerprint density at radius 3 is 2.17 bits per heavy atom. The number of hydrogen-bond acceptors (Lipinski definition) is 2. The van der Waals surface area contributed by atoms with Crippen LogP contribution < -0.4 is 5.73 Å². The van der Waals surface area contributed by atoms with Crippen LogP contribution in [0.3, 0.4) is 0 Å². The average molecular weight is 259 g/mol. The fourth-order valence-corrected chi connectivity index (χ4v) is 1.60. The number of halogens is 3. The molecule has 0 unspecified atom stereocenters. The Bertz CT molecular complexity index is 384. The molecule has 0 saturated carbocycles. The minimum Gasteiger partial charge on any atom is -0.330 e. The molecule has 0 aliphatic carbocycles. The molecule has 2 N–H and O–H groups in total. The van der Waals surface area contributed by atoms with Crippen molar-refractivity contribution in [2.24, 2.45) is 5.73 Å². The fraction of sp³-hybridized carbons (Fsp3) is 0.462. The molecule has 1 aromatic carbocycles. The standard InChI is InChI=1S/C13H16F3NO/c14-13(15,16)11-7-5-10(6-8-11)12(18)4-2-1-3-9-17/h5-8H,1-4,9,17H2. The molecule has 0 bridgehead atoms. The molecule has 0 spiro atoms. The summed E-state index contributed by atoms with van der Waals surface area (Å²) in [6.45, 7) is 0.592. The van der Waals surface area contributed by atoms with Gasteiger partial charge in [0.2, 0.25) is 0 Å². The molecule has 5 heteroatoms. The summed E-state index contributed by atoms with van der Waals surface area (Å²) in [6, 6.07) is 4.34. The van der Waals surface area contributed by atoms with Crippen LogP contribution >= 0.6 is 0 Å². The van der Waals surface area contributed by atoms with Crippen LogP contribution in [0.15, 0.2) is 24.3 Å².